The molecular weight excluding hydrogens is 264 g/mol. The largest absolute Gasteiger partial charge is 0.361 e. The fraction of sp³-hybridized carbons (Fsp3) is 0.250. The van der Waals surface area contributed by atoms with E-state index in [1.807, 2.05) is 30.5 Å². The number of aromatic nitrogens is 3. The maximum Gasteiger partial charge on any atom is 0.256 e. The molecule has 0 spiro atoms. The number of carbonyl (C=O) groups is 1. The molecule has 5 heteroatoms. The zero-order valence-corrected chi connectivity index (χ0v) is 12.3. The van der Waals surface area contributed by atoms with E-state index in [4.69, 9.17) is 0 Å². The number of H-pyrrole nitrogens is 2. The number of rotatable bonds is 2. The van der Waals surface area contributed by atoms with Gasteiger partial charge in [0.2, 0.25) is 0 Å². The lowest BCUT2D eigenvalue weighted by atomic mass is 9.92. The molecule has 21 heavy (non-hydrogen) atoms. The number of fused-ring (bicyclic) bond motifs is 1. The van der Waals surface area contributed by atoms with Crippen LogP contribution in [0.5, 0.6) is 0 Å². The number of nitrogens with zero attached hydrogens (tertiary/aromatic N) is 1. The highest BCUT2D eigenvalue weighted by molar-refractivity contribution is 6.05. The molecule has 0 aliphatic heterocycles. The van der Waals surface area contributed by atoms with E-state index in [0.29, 0.717) is 11.4 Å². The molecule has 0 saturated heterocycles. The summed E-state index contributed by atoms with van der Waals surface area (Å²) in [6.45, 7) is 6.27. The van der Waals surface area contributed by atoms with Crippen molar-refractivity contribution < 1.29 is 4.79 Å². The van der Waals surface area contributed by atoms with Crippen LogP contribution < -0.4 is 5.32 Å². The number of hydrogen-bond acceptors (Lipinski definition) is 2. The molecule has 0 bridgehead atoms. The predicted octanol–water partition coefficient (Wildman–Crippen LogP) is 3.44. The zero-order chi connectivity index (χ0) is 15.0. The number of hydrogen-bond donors (Lipinski definition) is 3. The van der Waals surface area contributed by atoms with E-state index in [9.17, 15) is 4.79 Å². The first kappa shape index (κ1) is 13.4. The van der Waals surface area contributed by atoms with Crippen LogP contribution in [0.25, 0.3) is 10.9 Å². The van der Waals surface area contributed by atoms with Gasteiger partial charge in [-0.3, -0.25) is 9.89 Å². The van der Waals surface area contributed by atoms with E-state index in [2.05, 4.69) is 41.3 Å². The minimum Gasteiger partial charge on any atom is -0.361 e. The van der Waals surface area contributed by atoms with Crippen LogP contribution in [0, 0.1) is 0 Å². The number of carbonyl (C=O) groups excluding carboxylic acids is 1. The molecule has 2 aromatic heterocycles. The molecule has 3 aromatic rings. The van der Waals surface area contributed by atoms with Gasteiger partial charge in [-0.1, -0.05) is 20.8 Å². The summed E-state index contributed by atoms with van der Waals surface area (Å²) in [4.78, 5) is 15.4. The van der Waals surface area contributed by atoms with Gasteiger partial charge >= 0.3 is 0 Å². The van der Waals surface area contributed by atoms with Crippen molar-refractivity contribution in [2.45, 2.75) is 26.2 Å². The van der Waals surface area contributed by atoms with Gasteiger partial charge < -0.3 is 10.3 Å². The number of anilines is 1. The fourth-order valence-corrected chi connectivity index (χ4v) is 2.15. The van der Waals surface area contributed by atoms with Gasteiger partial charge in [-0.05, 0) is 24.3 Å². The van der Waals surface area contributed by atoms with Crippen molar-refractivity contribution in [3.8, 4) is 0 Å². The molecule has 108 valence electrons. The summed E-state index contributed by atoms with van der Waals surface area (Å²) in [5, 5.41) is 10.9. The first-order chi connectivity index (χ1) is 9.93. The molecule has 0 atom stereocenters. The molecule has 2 heterocycles. The highest BCUT2D eigenvalue weighted by Gasteiger charge is 2.17. The van der Waals surface area contributed by atoms with Crippen molar-refractivity contribution in [2.75, 3.05) is 5.32 Å². The summed E-state index contributed by atoms with van der Waals surface area (Å²) >= 11 is 0. The standard InChI is InChI=1S/C16H18N4O/c1-16(2,3)13-9-14(20-19-13)18-15(21)11-4-5-12-10(8-11)6-7-17-12/h4-9,17H,1-3H3,(H2,18,19,20,21). The Morgan fingerprint density at radius 1 is 1.19 bits per heavy atom. The Hall–Kier alpha value is -2.56. The van der Waals surface area contributed by atoms with Crippen LogP contribution in [-0.2, 0) is 5.41 Å². The highest BCUT2D eigenvalue weighted by atomic mass is 16.1. The molecule has 1 aromatic carbocycles. The van der Waals surface area contributed by atoms with Crippen LogP contribution in [0.3, 0.4) is 0 Å². The maximum absolute atomic E-state index is 12.3. The van der Waals surface area contributed by atoms with E-state index in [1.165, 1.54) is 0 Å². The molecule has 0 unspecified atom stereocenters. The van der Waals surface area contributed by atoms with Crippen molar-refractivity contribution >= 4 is 22.6 Å². The summed E-state index contributed by atoms with van der Waals surface area (Å²) in [6, 6.07) is 9.37. The van der Waals surface area contributed by atoms with Gasteiger partial charge in [-0.25, -0.2) is 0 Å². The van der Waals surface area contributed by atoms with Crippen molar-refractivity contribution in [1.29, 1.82) is 0 Å². The Morgan fingerprint density at radius 2 is 2.00 bits per heavy atom. The van der Waals surface area contributed by atoms with Crippen molar-refractivity contribution in [3.05, 3.63) is 47.8 Å². The molecule has 0 fully saturated rings. The van der Waals surface area contributed by atoms with Gasteiger partial charge in [-0.15, -0.1) is 0 Å². The molecule has 1 amide bonds. The third kappa shape index (κ3) is 2.67. The van der Waals surface area contributed by atoms with Crippen LogP contribution in [0.4, 0.5) is 5.82 Å². The fourth-order valence-electron chi connectivity index (χ4n) is 2.15. The predicted molar refractivity (Wildman–Crippen MR) is 83.5 cm³/mol. The van der Waals surface area contributed by atoms with Gasteiger partial charge in [0.25, 0.3) is 5.91 Å². The second-order valence-electron chi connectivity index (χ2n) is 6.15. The van der Waals surface area contributed by atoms with E-state index in [0.717, 1.165) is 16.6 Å². The molecule has 3 N–H and O–H groups in total. The average molecular weight is 282 g/mol. The Bertz CT molecular complexity index is 792. The third-order valence-electron chi connectivity index (χ3n) is 3.44. The summed E-state index contributed by atoms with van der Waals surface area (Å²) in [5.41, 5.74) is 2.59. The Kier molecular flexibility index (Phi) is 3.05. The third-order valence-corrected chi connectivity index (χ3v) is 3.44. The van der Waals surface area contributed by atoms with E-state index in [-0.39, 0.29) is 11.3 Å². The topological polar surface area (TPSA) is 73.6 Å². The number of amides is 1. The number of benzene rings is 1. The minimum atomic E-state index is -0.162. The van der Waals surface area contributed by atoms with Crippen LogP contribution in [0.2, 0.25) is 0 Å². The van der Waals surface area contributed by atoms with Crippen molar-refractivity contribution in [1.82, 2.24) is 15.2 Å². The molecule has 0 aliphatic rings. The normalized spacial score (nSPS) is 11.8. The summed E-state index contributed by atoms with van der Waals surface area (Å²) < 4.78 is 0. The highest BCUT2D eigenvalue weighted by Crippen LogP contribution is 2.22. The zero-order valence-electron chi connectivity index (χ0n) is 12.3. The molecule has 5 nitrogen and oxygen atoms in total. The van der Waals surface area contributed by atoms with Crippen molar-refractivity contribution in [2.24, 2.45) is 0 Å². The second kappa shape index (κ2) is 4.77. The Balaban J connectivity index is 1.81. The van der Waals surface area contributed by atoms with Gasteiger partial charge in [0.15, 0.2) is 5.82 Å². The van der Waals surface area contributed by atoms with Gasteiger partial charge in [0.1, 0.15) is 0 Å². The van der Waals surface area contributed by atoms with Crippen LogP contribution in [-0.4, -0.2) is 21.1 Å². The lowest BCUT2D eigenvalue weighted by Crippen LogP contribution is -2.12. The molecular formula is C16H18N4O. The van der Waals surface area contributed by atoms with E-state index >= 15 is 0 Å². The summed E-state index contributed by atoms with van der Waals surface area (Å²) in [7, 11) is 0. The van der Waals surface area contributed by atoms with Crippen LogP contribution in [0.1, 0.15) is 36.8 Å². The van der Waals surface area contributed by atoms with Gasteiger partial charge in [0, 0.05) is 39.8 Å². The minimum absolute atomic E-state index is 0.0278. The SMILES string of the molecule is CC(C)(C)c1cc(NC(=O)c2ccc3[nH]ccc3c2)n[nH]1. The second-order valence-corrected chi connectivity index (χ2v) is 6.15. The molecule has 3 rings (SSSR count). The summed E-state index contributed by atoms with van der Waals surface area (Å²) in [6.07, 6.45) is 1.86. The Morgan fingerprint density at radius 3 is 2.71 bits per heavy atom. The lowest BCUT2D eigenvalue weighted by Gasteiger charge is -2.14. The van der Waals surface area contributed by atoms with Gasteiger partial charge in [0.05, 0.1) is 0 Å². The maximum atomic E-state index is 12.3. The first-order valence-electron chi connectivity index (χ1n) is 6.88. The average Bonchev–Trinajstić information content (AvgIpc) is 3.04. The molecule has 0 saturated carbocycles. The first-order valence-corrected chi connectivity index (χ1v) is 6.88. The summed E-state index contributed by atoms with van der Waals surface area (Å²) in [5.74, 6) is 0.379. The molecule has 0 aliphatic carbocycles. The van der Waals surface area contributed by atoms with E-state index < -0.39 is 0 Å². The lowest BCUT2D eigenvalue weighted by molar-refractivity contribution is 0.102. The quantitative estimate of drug-likeness (QED) is 0.673. The molecule has 0 radical (unpaired) electrons. The Labute approximate surface area is 122 Å². The van der Waals surface area contributed by atoms with E-state index in [1.54, 1.807) is 6.07 Å². The smallest absolute Gasteiger partial charge is 0.256 e. The monoisotopic (exact) mass is 282 g/mol. The van der Waals surface area contributed by atoms with Crippen molar-refractivity contribution in [3.63, 3.8) is 0 Å². The number of aromatic amines is 2. The number of nitrogens with one attached hydrogen (secondary N) is 3. The van der Waals surface area contributed by atoms with Crippen LogP contribution >= 0.6 is 0 Å². The van der Waals surface area contributed by atoms with Gasteiger partial charge in [-0.2, -0.15) is 5.10 Å². The van der Waals surface area contributed by atoms with Crippen LogP contribution in [0.15, 0.2) is 36.5 Å².